The molecule has 1 saturated heterocycles. The Kier molecular flexibility index (Phi) is 18.3. The van der Waals surface area contributed by atoms with Gasteiger partial charge in [-0.05, 0) is 52.0 Å². The summed E-state index contributed by atoms with van der Waals surface area (Å²) in [4.78, 5) is 0. The first kappa shape index (κ1) is 45.5. The summed E-state index contributed by atoms with van der Waals surface area (Å²) in [5.41, 5.74) is 5.77. The number of benzene rings is 6. The SMILES string of the molecule is CCS[C@H]1O[C@H](COCCCCCCCOC(c2ccccc2)(c2ccccc2)c2ccccc2)[C@H](OCc2ccccc2)[C@H](OCc2ccccc2)[C@H]1OCc1ccccc1. The average Bonchev–Trinajstić information content (AvgIpc) is 3.34. The predicted molar refractivity (Wildman–Crippen MR) is 251 cm³/mol. The van der Waals surface area contributed by atoms with E-state index < -0.39 is 11.7 Å². The number of ether oxygens (including phenoxy) is 6. The minimum absolute atomic E-state index is 0.249. The highest BCUT2D eigenvalue weighted by atomic mass is 32.2. The van der Waals surface area contributed by atoms with Crippen molar-refractivity contribution < 1.29 is 28.4 Å². The summed E-state index contributed by atoms with van der Waals surface area (Å²) >= 11 is 1.75. The van der Waals surface area contributed by atoms with Crippen molar-refractivity contribution in [2.45, 2.75) is 94.3 Å². The molecule has 6 nitrogen and oxygen atoms in total. The van der Waals surface area contributed by atoms with Gasteiger partial charge >= 0.3 is 0 Å². The van der Waals surface area contributed by atoms with Gasteiger partial charge in [-0.3, -0.25) is 0 Å². The molecule has 6 aromatic rings. The first-order valence-electron chi connectivity index (χ1n) is 22.4. The maximum atomic E-state index is 7.01. The smallest absolute Gasteiger partial charge is 0.143 e. The van der Waals surface area contributed by atoms with E-state index in [0.29, 0.717) is 39.6 Å². The quantitative estimate of drug-likeness (QED) is 0.0420. The van der Waals surface area contributed by atoms with Gasteiger partial charge in [0.1, 0.15) is 35.5 Å². The summed E-state index contributed by atoms with van der Waals surface area (Å²) < 4.78 is 40.8. The van der Waals surface area contributed by atoms with Gasteiger partial charge in [-0.2, -0.15) is 0 Å². The lowest BCUT2D eigenvalue weighted by Crippen LogP contribution is -2.60. The van der Waals surface area contributed by atoms with Gasteiger partial charge in [0, 0.05) is 13.2 Å². The third-order valence-electron chi connectivity index (χ3n) is 11.4. The van der Waals surface area contributed by atoms with Crippen molar-refractivity contribution >= 4 is 11.8 Å². The van der Waals surface area contributed by atoms with Crippen LogP contribution in [0.25, 0.3) is 0 Å². The summed E-state index contributed by atoms with van der Waals surface area (Å²) in [7, 11) is 0. The van der Waals surface area contributed by atoms with E-state index in [-0.39, 0.29) is 23.7 Å². The van der Waals surface area contributed by atoms with E-state index in [1.54, 1.807) is 11.8 Å². The van der Waals surface area contributed by atoms with Crippen molar-refractivity contribution in [3.05, 3.63) is 215 Å². The highest BCUT2D eigenvalue weighted by molar-refractivity contribution is 7.99. The van der Waals surface area contributed by atoms with E-state index in [2.05, 4.69) is 134 Å². The Morgan fingerprint density at radius 1 is 0.452 bits per heavy atom. The molecule has 5 atom stereocenters. The molecule has 0 bridgehead atoms. The topological polar surface area (TPSA) is 55.4 Å². The van der Waals surface area contributed by atoms with Crippen LogP contribution < -0.4 is 0 Å². The normalized spacial score (nSPS) is 19.0. The van der Waals surface area contributed by atoms with E-state index >= 15 is 0 Å². The fourth-order valence-electron chi connectivity index (χ4n) is 8.21. The van der Waals surface area contributed by atoms with Crippen LogP contribution in [0, 0.1) is 0 Å². The average molecular weight is 851 g/mol. The lowest BCUT2D eigenvalue weighted by molar-refractivity contribution is -0.254. The molecule has 0 saturated carbocycles. The molecule has 1 aliphatic heterocycles. The Bertz CT molecular complexity index is 1980. The molecule has 62 heavy (non-hydrogen) atoms. The molecule has 7 heteroatoms. The third-order valence-corrected chi connectivity index (χ3v) is 12.4. The molecule has 0 N–H and O–H groups in total. The summed E-state index contributed by atoms with van der Waals surface area (Å²) in [5, 5.41) is 0. The lowest BCUT2D eigenvalue weighted by atomic mass is 9.80. The summed E-state index contributed by atoms with van der Waals surface area (Å²) in [5.74, 6) is 0.876. The monoisotopic (exact) mass is 850 g/mol. The minimum Gasteiger partial charge on any atom is -0.379 e. The van der Waals surface area contributed by atoms with E-state index in [0.717, 1.165) is 71.2 Å². The Hall–Kier alpha value is -4.57. The van der Waals surface area contributed by atoms with Crippen LogP contribution in [0.4, 0.5) is 0 Å². The van der Waals surface area contributed by atoms with Crippen molar-refractivity contribution in [1.82, 2.24) is 0 Å². The second kappa shape index (κ2) is 24.9. The van der Waals surface area contributed by atoms with Crippen LogP contribution >= 0.6 is 11.8 Å². The molecule has 0 amide bonds. The van der Waals surface area contributed by atoms with E-state index in [4.69, 9.17) is 28.4 Å². The number of hydrogen-bond donors (Lipinski definition) is 0. The van der Waals surface area contributed by atoms with Gasteiger partial charge < -0.3 is 28.4 Å². The van der Waals surface area contributed by atoms with Crippen LogP contribution in [-0.2, 0) is 53.8 Å². The summed E-state index contributed by atoms with van der Waals surface area (Å²) in [6.45, 7) is 5.19. The van der Waals surface area contributed by atoms with Gasteiger partial charge in [0.15, 0.2) is 0 Å². The zero-order chi connectivity index (χ0) is 42.5. The molecule has 1 fully saturated rings. The second-order valence-corrected chi connectivity index (χ2v) is 17.1. The van der Waals surface area contributed by atoms with Crippen molar-refractivity contribution in [3.8, 4) is 0 Å². The van der Waals surface area contributed by atoms with Gasteiger partial charge in [0.2, 0.25) is 0 Å². The molecule has 0 aromatic heterocycles. The fraction of sp³-hybridized carbons (Fsp3) is 0.345. The largest absolute Gasteiger partial charge is 0.379 e. The molecular weight excluding hydrogens is 789 g/mol. The number of hydrogen-bond acceptors (Lipinski definition) is 7. The molecule has 7 rings (SSSR count). The number of thioether (sulfide) groups is 1. The van der Waals surface area contributed by atoms with Crippen molar-refractivity contribution in [1.29, 1.82) is 0 Å². The first-order chi connectivity index (χ1) is 30.7. The van der Waals surface area contributed by atoms with Crippen molar-refractivity contribution in [2.24, 2.45) is 0 Å². The Balaban J connectivity index is 0.958. The third kappa shape index (κ3) is 12.8. The van der Waals surface area contributed by atoms with Crippen LogP contribution in [0.15, 0.2) is 182 Å². The Morgan fingerprint density at radius 3 is 1.29 bits per heavy atom. The highest BCUT2D eigenvalue weighted by Gasteiger charge is 2.48. The van der Waals surface area contributed by atoms with Crippen LogP contribution in [0.2, 0.25) is 0 Å². The summed E-state index contributed by atoms with van der Waals surface area (Å²) in [6.07, 6.45) is 3.71. The zero-order valence-electron chi connectivity index (χ0n) is 36.1. The van der Waals surface area contributed by atoms with Crippen LogP contribution in [0.3, 0.4) is 0 Å². The van der Waals surface area contributed by atoms with Crippen molar-refractivity contribution in [2.75, 3.05) is 25.6 Å². The van der Waals surface area contributed by atoms with Gasteiger partial charge in [-0.15, -0.1) is 11.8 Å². The highest BCUT2D eigenvalue weighted by Crippen LogP contribution is 2.41. The Labute approximate surface area is 373 Å². The predicted octanol–water partition coefficient (Wildman–Crippen LogP) is 12.2. The molecule has 0 aliphatic carbocycles. The first-order valence-corrected chi connectivity index (χ1v) is 23.4. The summed E-state index contributed by atoms with van der Waals surface area (Å²) in [6, 6.07) is 62.7. The molecule has 0 radical (unpaired) electrons. The molecular formula is C55H62O6S. The van der Waals surface area contributed by atoms with Gasteiger partial charge in [0.05, 0.1) is 26.4 Å². The van der Waals surface area contributed by atoms with Crippen LogP contribution in [-0.4, -0.2) is 55.4 Å². The molecule has 0 unspecified atom stereocenters. The van der Waals surface area contributed by atoms with E-state index in [1.807, 2.05) is 54.6 Å². The number of rotatable bonds is 25. The van der Waals surface area contributed by atoms with Crippen LogP contribution in [0.1, 0.15) is 72.4 Å². The van der Waals surface area contributed by atoms with E-state index in [9.17, 15) is 0 Å². The second-order valence-electron chi connectivity index (χ2n) is 15.8. The standard InChI is InChI=1S/C55H62O6S/c1-2-62-54-53(59-42-46-30-16-8-17-31-46)52(58-41-45-28-14-7-15-29-45)51(57-40-44-26-12-6-13-27-44)50(61-54)43-56-38-24-4-3-5-25-39-60-55(47-32-18-9-19-33-47,48-34-20-10-21-35-48)49-36-22-11-23-37-49/h6-23,26-37,50-54H,2-5,24-25,38-43H2,1H3/t50-,51+,52+,53-,54-/m1/s1. The molecule has 324 valence electrons. The maximum Gasteiger partial charge on any atom is 0.143 e. The van der Waals surface area contributed by atoms with Crippen LogP contribution in [0.5, 0.6) is 0 Å². The van der Waals surface area contributed by atoms with E-state index in [1.165, 1.54) is 0 Å². The minimum atomic E-state index is -0.685. The molecule has 1 aliphatic rings. The molecule has 6 aromatic carbocycles. The zero-order valence-corrected chi connectivity index (χ0v) is 36.9. The lowest BCUT2D eigenvalue weighted by Gasteiger charge is -2.46. The van der Waals surface area contributed by atoms with Gasteiger partial charge in [-0.1, -0.05) is 208 Å². The van der Waals surface area contributed by atoms with Gasteiger partial charge in [0.25, 0.3) is 0 Å². The van der Waals surface area contributed by atoms with Gasteiger partial charge in [-0.25, -0.2) is 0 Å². The number of unbranched alkanes of at least 4 members (excludes halogenated alkanes) is 4. The maximum absolute atomic E-state index is 7.01. The Morgan fingerprint density at radius 2 is 0.839 bits per heavy atom. The molecule has 1 heterocycles. The molecule has 0 spiro atoms. The van der Waals surface area contributed by atoms with Crippen molar-refractivity contribution in [3.63, 3.8) is 0 Å². The fourth-order valence-corrected chi connectivity index (χ4v) is 9.18.